The van der Waals surface area contributed by atoms with E-state index in [-0.39, 0.29) is 11.9 Å². The zero-order chi connectivity index (χ0) is 11.3. The first kappa shape index (κ1) is 11.7. The molecule has 82 valence electrons. The van der Waals surface area contributed by atoms with Crippen molar-refractivity contribution in [1.82, 2.24) is 0 Å². The largest absolute Gasteiger partial charge is 0.330 e. The minimum Gasteiger partial charge on any atom is -0.330 e. The molecule has 1 atom stereocenters. The van der Waals surface area contributed by atoms with Crippen LogP contribution >= 0.6 is 0 Å². The molecule has 0 aliphatic heterocycles. The van der Waals surface area contributed by atoms with Crippen molar-refractivity contribution >= 4 is 11.6 Å². The Bertz CT molecular complexity index is 321. The van der Waals surface area contributed by atoms with Crippen molar-refractivity contribution < 1.29 is 4.79 Å². The number of nitrogens with one attached hydrogen (secondary N) is 1. The fourth-order valence-electron chi connectivity index (χ4n) is 1.36. The highest BCUT2D eigenvalue weighted by atomic mass is 16.1. The summed E-state index contributed by atoms with van der Waals surface area (Å²) in [6.45, 7) is 2.06. The predicted octanol–water partition coefficient (Wildman–Crippen LogP) is 0.994. The Morgan fingerprint density at radius 3 is 2.47 bits per heavy atom. The van der Waals surface area contributed by atoms with Gasteiger partial charge in [0.2, 0.25) is 5.91 Å². The number of carbonyl (C=O) groups excluding carboxylic acids is 1. The fraction of sp³-hybridized carbons (Fsp3) is 0.364. The molecule has 0 radical (unpaired) electrons. The van der Waals surface area contributed by atoms with Crippen LogP contribution < -0.4 is 16.8 Å². The number of anilines is 1. The standard InChI is InChI=1S/C11H17N3O/c1-8(15)14-10-4-2-9(3-5-10)11(13)6-7-12/h2-5,11H,6-7,12-13H2,1H3,(H,14,15)/t11-/m1/s1. The second-order valence-corrected chi connectivity index (χ2v) is 3.49. The number of hydrogen-bond acceptors (Lipinski definition) is 3. The average Bonchev–Trinajstić information content (AvgIpc) is 2.18. The first-order chi connectivity index (χ1) is 7.13. The molecular weight excluding hydrogens is 190 g/mol. The first-order valence-electron chi connectivity index (χ1n) is 4.96. The van der Waals surface area contributed by atoms with Crippen LogP contribution in [0.15, 0.2) is 24.3 Å². The van der Waals surface area contributed by atoms with Crippen molar-refractivity contribution in [1.29, 1.82) is 0 Å². The smallest absolute Gasteiger partial charge is 0.221 e. The fourth-order valence-corrected chi connectivity index (χ4v) is 1.36. The third-order valence-electron chi connectivity index (χ3n) is 2.14. The molecule has 0 aliphatic carbocycles. The number of nitrogens with two attached hydrogens (primary N) is 2. The lowest BCUT2D eigenvalue weighted by molar-refractivity contribution is -0.114. The van der Waals surface area contributed by atoms with Gasteiger partial charge in [-0.3, -0.25) is 4.79 Å². The average molecular weight is 207 g/mol. The van der Waals surface area contributed by atoms with Crippen molar-refractivity contribution in [2.75, 3.05) is 11.9 Å². The molecule has 4 heteroatoms. The van der Waals surface area contributed by atoms with Crippen LogP contribution in [-0.4, -0.2) is 12.5 Å². The van der Waals surface area contributed by atoms with E-state index in [9.17, 15) is 4.79 Å². The summed E-state index contributed by atoms with van der Waals surface area (Å²) < 4.78 is 0. The highest BCUT2D eigenvalue weighted by Gasteiger charge is 2.04. The van der Waals surface area contributed by atoms with E-state index in [0.29, 0.717) is 6.54 Å². The van der Waals surface area contributed by atoms with Gasteiger partial charge in [-0.2, -0.15) is 0 Å². The SMILES string of the molecule is CC(=O)Nc1ccc([C@H](N)CCN)cc1. The van der Waals surface area contributed by atoms with Gasteiger partial charge in [-0.1, -0.05) is 12.1 Å². The molecule has 0 saturated heterocycles. The topological polar surface area (TPSA) is 81.1 Å². The van der Waals surface area contributed by atoms with Crippen molar-refractivity contribution in [3.8, 4) is 0 Å². The molecule has 1 aromatic rings. The third kappa shape index (κ3) is 3.69. The van der Waals surface area contributed by atoms with Gasteiger partial charge in [0.25, 0.3) is 0 Å². The summed E-state index contributed by atoms with van der Waals surface area (Å²) in [5.41, 5.74) is 13.1. The Balaban J connectivity index is 2.67. The molecule has 5 N–H and O–H groups in total. The third-order valence-corrected chi connectivity index (χ3v) is 2.14. The molecule has 0 aliphatic rings. The van der Waals surface area contributed by atoms with Crippen molar-refractivity contribution in [3.63, 3.8) is 0 Å². The molecule has 0 spiro atoms. The van der Waals surface area contributed by atoms with Crippen LogP contribution in [0.5, 0.6) is 0 Å². The zero-order valence-electron chi connectivity index (χ0n) is 8.86. The minimum atomic E-state index is -0.0750. The Morgan fingerprint density at radius 1 is 1.40 bits per heavy atom. The van der Waals surface area contributed by atoms with Gasteiger partial charge in [-0.25, -0.2) is 0 Å². The zero-order valence-corrected chi connectivity index (χ0v) is 8.86. The molecule has 0 aromatic heterocycles. The molecule has 15 heavy (non-hydrogen) atoms. The number of carbonyl (C=O) groups is 1. The Morgan fingerprint density at radius 2 is 2.00 bits per heavy atom. The summed E-state index contributed by atoms with van der Waals surface area (Å²) in [4.78, 5) is 10.8. The van der Waals surface area contributed by atoms with Gasteiger partial charge in [-0.05, 0) is 30.7 Å². The summed E-state index contributed by atoms with van der Waals surface area (Å²) in [5, 5.41) is 2.70. The first-order valence-corrected chi connectivity index (χ1v) is 4.96. The summed E-state index contributed by atoms with van der Waals surface area (Å²) in [7, 11) is 0. The molecule has 1 amide bonds. The van der Waals surface area contributed by atoms with Crippen LogP contribution in [0.4, 0.5) is 5.69 Å². The molecule has 0 unspecified atom stereocenters. The van der Waals surface area contributed by atoms with Crippen LogP contribution in [0.25, 0.3) is 0 Å². The van der Waals surface area contributed by atoms with E-state index in [1.54, 1.807) is 0 Å². The molecular formula is C11H17N3O. The molecule has 4 nitrogen and oxygen atoms in total. The van der Waals surface area contributed by atoms with E-state index >= 15 is 0 Å². The van der Waals surface area contributed by atoms with Crippen molar-refractivity contribution in [2.45, 2.75) is 19.4 Å². The Hall–Kier alpha value is -1.39. The predicted molar refractivity (Wildman–Crippen MR) is 61.3 cm³/mol. The number of benzene rings is 1. The Labute approximate surface area is 89.6 Å². The number of rotatable bonds is 4. The number of hydrogen-bond donors (Lipinski definition) is 3. The maximum atomic E-state index is 10.8. The van der Waals surface area contributed by atoms with E-state index in [1.807, 2.05) is 24.3 Å². The molecule has 0 fully saturated rings. The van der Waals surface area contributed by atoms with E-state index in [2.05, 4.69) is 5.32 Å². The van der Waals surface area contributed by atoms with Crippen LogP contribution in [0.1, 0.15) is 24.9 Å². The molecule has 0 heterocycles. The van der Waals surface area contributed by atoms with Gasteiger partial charge in [0.05, 0.1) is 0 Å². The summed E-state index contributed by atoms with van der Waals surface area (Å²) in [6.07, 6.45) is 0.763. The lowest BCUT2D eigenvalue weighted by atomic mass is 10.0. The second kappa shape index (κ2) is 5.48. The van der Waals surface area contributed by atoms with E-state index in [4.69, 9.17) is 11.5 Å². The normalized spacial score (nSPS) is 12.2. The summed E-state index contributed by atoms with van der Waals surface area (Å²) >= 11 is 0. The van der Waals surface area contributed by atoms with E-state index in [1.165, 1.54) is 6.92 Å². The Kier molecular flexibility index (Phi) is 4.27. The maximum Gasteiger partial charge on any atom is 0.221 e. The highest BCUT2D eigenvalue weighted by Crippen LogP contribution is 2.16. The van der Waals surface area contributed by atoms with Crippen LogP contribution in [0, 0.1) is 0 Å². The van der Waals surface area contributed by atoms with Gasteiger partial charge >= 0.3 is 0 Å². The minimum absolute atomic E-state index is 0.0265. The molecule has 1 rings (SSSR count). The molecule has 1 aromatic carbocycles. The van der Waals surface area contributed by atoms with Gasteiger partial charge in [0.15, 0.2) is 0 Å². The van der Waals surface area contributed by atoms with Crippen LogP contribution in [0.3, 0.4) is 0 Å². The summed E-state index contributed by atoms with van der Waals surface area (Å²) in [5.74, 6) is -0.0750. The van der Waals surface area contributed by atoms with E-state index in [0.717, 1.165) is 17.7 Å². The van der Waals surface area contributed by atoms with Crippen molar-refractivity contribution in [2.24, 2.45) is 11.5 Å². The lowest BCUT2D eigenvalue weighted by Crippen LogP contribution is -2.15. The van der Waals surface area contributed by atoms with Gasteiger partial charge in [-0.15, -0.1) is 0 Å². The van der Waals surface area contributed by atoms with Gasteiger partial charge in [0.1, 0.15) is 0 Å². The second-order valence-electron chi connectivity index (χ2n) is 3.49. The van der Waals surface area contributed by atoms with Crippen molar-refractivity contribution in [3.05, 3.63) is 29.8 Å². The molecule has 0 bridgehead atoms. The highest BCUT2D eigenvalue weighted by molar-refractivity contribution is 5.88. The lowest BCUT2D eigenvalue weighted by Gasteiger charge is -2.11. The van der Waals surface area contributed by atoms with E-state index < -0.39 is 0 Å². The monoisotopic (exact) mass is 207 g/mol. The van der Waals surface area contributed by atoms with Crippen LogP contribution in [0.2, 0.25) is 0 Å². The molecule has 0 saturated carbocycles. The quantitative estimate of drug-likeness (QED) is 0.688. The van der Waals surface area contributed by atoms with Gasteiger partial charge in [0, 0.05) is 18.7 Å². The van der Waals surface area contributed by atoms with Crippen LogP contribution in [-0.2, 0) is 4.79 Å². The number of amides is 1. The maximum absolute atomic E-state index is 10.8. The summed E-state index contributed by atoms with van der Waals surface area (Å²) in [6, 6.07) is 7.47. The van der Waals surface area contributed by atoms with Gasteiger partial charge < -0.3 is 16.8 Å².